The maximum Gasteiger partial charge on any atom is 0.270 e. The van der Waals surface area contributed by atoms with Crippen LogP contribution in [-0.4, -0.2) is 15.6 Å². The lowest BCUT2D eigenvalue weighted by Crippen LogP contribution is -2.01. The number of nitro groups is 1. The zero-order chi connectivity index (χ0) is 18.5. The first-order valence-electron chi connectivity index (χ1n) is 7.58. The third-order valence-corrected chi connectivity index (χ3v) is 4.36. The van der Waals surface area contributed by atoms with Crippen molar-refractivity contribution in [3.8, 4) is 17.3 Å². The maximum absolute atomic E-state index is 10.9. The molecule has 26 heavy (non-hydrogen) atoms. The second kappa shape index (κ2) is 7.55. The fourth-order valence-electron chi connectivity index (χ4n) is 2.16. The number of hydrazone groups is 1. The second-order valence-corrected chi connectivity index (χ2v) is 6.25. The van der Waals surface area contributed by atoms with Crippen LogP contribution in [0, 0.1) is 28.4 Å². The van der Waals surface area contributed by atoms with E-state index in [0.717, 1.165) is 11.3 Å². The van der Waals surface area contributed by atoms with Crippen LogP contribution in [0.2, 0.25) is 0 Å². The largest absolute Gasteiger partial charge is 0.277 e. The number of nitro benzene ring substituents is 1. The summed E-state index contributed by atoms with van der Waals surface area (Å²) in [5.41, 5.74) is 6.04. The number of hydrogen-bond donors (Lipinski definition) is 1. The number of anilines is 1. The lowest BCUT2D eigenvalue weighted by Gasteiger charge is -2.01. The molecule has 0 amide bonds. The summed E-state index contributed by atoms with van der Waals surface area (Å²) in [7, 11) is 0. The molecular weight excluding hydrogens is 350 g/mol. The molecule has 3 aromatic rings. The van der Waals surface area contributed by atoms with Crippen LogP contribution >= 0.6 is 11.3 Å². The van der Waals surface area contributed by atoms with Gasteiger partial charge in [0.05, 0.1) is 16.3 Å². The number of nitrogens with zero attached hydrogens (tertiary/aromatic N) is 4. The Bertz CT molecular complexity index is 1020. The normalized spacial score (nSPS) is 11.0. The summed E-state index contributed by atoms with van der Waals surface area (Å²) in [6.07, 6.45) is 0. The summed E-state index contributed by atoms with van der Waals surface area (Å²) in [4.78, 5) is 14.8. The van der Waals surface area contributed by atoms with Gasteiger partial charge in [0.2, 0.25) is 0 Å². The molecule has 0 fully saturated rings. The van der Waals surface area contributed by atoms with Gasteiger partial charge in [-0.05, 0) is 19.1 Å². The lowest BCUT2D eigenvalue weighted by molar-refractivity contribution is -0.384. The van der Waals surface area contributed by atoms with Crippen LogP contribution in [0.4, 0.5) is 11.4 Å². The zero-order valence-electron chi connectivity index (χ0n) is 13.7. The lowest BCUT2D eigenvalue weighted by atomic mass is 10.1. The molecule has 0 unspecified atom stereocenters. The third-order valence-electron chi connectivity index (χ3n) is 3.51. The molecule has 0 atom stereocenters. The van der Waals surface area contributed by atoms with Crippen LogP contribution in [0.3, 0.4) is 0 Å². The molecule has 2 aromatic carbocycles. The van der Waals surface area contributed by atoms with Gasteiger partial charge < -0.3 is 0 Å². The van der Waals surface area contributed by atoms with Crippen molar-refractivity contribution in [2.75, 3.05) is 5.43 Å². The van der Waals surface area contributed by atoms with Crippen molar-refractivity contribution >= 4 is 28.4 Å². The number of rotatable bonds is 5. The molecule has 128 valence electrons. The molecule has 0 saturated carbocycles. The summed E-state index contributed by atoms with van der Waals surface area (Å²) in [6.45, 7) is 1.98. The smallest absolute Gasteiger partial charge is 0.270 e. The van der Waals surface area contributed by atoms with Crippen molar-refractivity contribution in [2.24, 2.45) is 5.10 Å². The Hall–Kier alpha value is -3.57. The third kappa shape index (κ3) is 3.91. The van der Waals surface area contributed by atoms with Crippen molar-refractivity contribution in [2.45, 2.75) is 6.92 Å². The minimum absolute atomic E-state index is 0.00717. The van der Waals surface area contributed by atoms with Gasteiger partial charge in [0.15, 0.2) is 10.7 Å². The fourth-order valence-corrected chi connectivity index (χ4v) is 2.93. The highest BCUT2D eigenvalue weighted by atomic mass is 32.1. The van der Waals surface area contributed by atoms with Crippen molar-refractivity contribution < 1.29 is 4.92 Å². The highest BCUT2D eigenvalue weighted by molar-refractivity contribution is 7.12. The van der Waals surface area contributed by atoms with Gasteiger partial charge in [-0.2, -0.15) is 10.4 Å². The molecule has 0 aliphatic heterocycles. The molecular formula is C18H13N5O2S. The molecule has 0 saturated heterocycles. The van der Waals surface area contributed by atoms with Gasteiger partial charge in [0, 0.05) is 23.1 Å². The molecule has 1 heterocycles. The van der Waals surface area contributed by atoms with E-state index in [-0.39, 0.29) is 11.4 Å². The first-order valence-corrected chi connectivity index (χ1v) is 8.46. The van der Waals surface area contributed by atoms with Gasteiger partial charge in [0.25, 0.3) is 5.69 Å². The quantitative estimate of drug-likeness (QED) is 0.412. The zero-order valence-corrected chi connectivity index (χ0v) is 14.5. The molecule has 3 rings (SSSR count). The molecule has 0 aliphatic rings. The summed E-state index contributed by atoms with van der Waals surface area (Å²) in [5.74, 6) is 0. The van der Waals surface area contributed by atoms with E-state index in [1.54, 1.807) is 17.5 Å². The van der Waals surface area contributed by atoms with E-state index in [2.05, 4.69) is 15.5 Å². The topological polar surface area (TPSA) is 104 Å². The van der Waals surface area contributed by atoms with Crippen molar-refractivity contribution in [3.05, 3.63) is 74.6 Å². The Morgan fingerprint density at radius 3 is 2.77 bits per heavy atom. The Morgan fingerprint density at radius 1 is 1.31 bits per heavy atom. The minimum Gasteiger partial charge on any atom is -0.277 e. The monoisotopic (exact) mass is 363 g/mol. The van der Waals surface area contributed by atoms with Crippen LogP contribution in [0.5, 0.6) is 0 Å². The van der Waals surface area contributed by atoms with E-state index < -0.39 is 4.92 Å². The molecule has 0 aliphatic carbocycles. The van der Waals surface area contributed by atoms with Crippen LogP contribution < -0.4 is 5.43 Å². The van der Waals surface area contributed by atoms with Gasteiger partial charge in [-0.1, -0.05) is 29.8 Å². The number of hydrogen-bond acceptors (Lipinski definition) is 7. The SMILES string of the molecule is Cc1ccc(N/N=C(/C#N)c2nc(-c3cccc([N+](=O)[O-])c3)cs2)cc1. The molecule has 0 spiro atoms. The van der Waals surface area contributed by atoms with Crippen LogP contribution in [0.1, 0.15) is 10.6 Å². The van der Waals surface area contributed by atoms with Gasteiger partial charge >= 0.3 is 0 Å². The van der Waals surface area contributed by atoms with Gasteiger partial charge in [-0.3, -0.25) is 15.5 Å². The second-order valence-electron chi connectivity index (χ2n) is 5.40. The number of nitrogens with one attached hydrogen (secondary N) is 1. The van der Waals surface area contributed by atoms with Gasteiger partial charge in [-0.25, -0.2) is 4.98 Å². The molecule has 7 nitrogen and oxygen atoms in total. The standard InChI is InChI=1S/C18H13N5O2S/c1-12-5-7-14(8-6-12)21-22-16(10-19)18-20-17(11-26-18)13-3-2-4-15(9-13)23(24)25/h2-9,11,21H,1H3/b22-16-. The number of benzene rings is 2. The van der Waals surface area contributed by atoms with Crippen LogP contribution in [-0.2, 0) is 0 Å². The maximum atomic E-state index is 10.9. The Kier molecular flexibility index (Phi) is 5.01. The number of non-ortho nitro benzene ring substituents is 1. The van der Waals surface area contributed by atoms with Crippen LogP contribution in [0.25, 0.3) is 11.3 Å². The van der Waals surface area contributed by atoms with Crippen molar-refractivity contribution in [1.82, 2.24) is 4.98 Å². The van der Waals surface area contributed by atoms with Crippen molar-refractivity contribution in [1.29, 1.82) is 5.26 Å². The average Bonchev–Trinajstić information content (AvgIpc) is 3.14. The Morgan fingerprint density at radius 2 is 2.08 bits per heavy atom. The molecule has 1 N–H and O–H groups in total. The first kappa shape index (κ1) is 17.3. The Balaban J connectivity index is 1.84. The predicted molar refractivity (Wildman–Crippen MR) is 101 cm³/mol. The molecule has 0 bridgehead atoms. The van der Waals surface area contributed by atoms with E-state index in [0.29, 0.717) is 16.3 Å². The van der Waals surface area contributed by atoms with E-state index in [9.17, 15) is 15.4 Å². The van der Waals surface area contributed by atoms with Gasteiger partial charge in [0.1, 0.15) is 6.07 Å². The van der Waals surface area contributed by atoms with E-state index >= 15 is 0 Å². The van der Waals surface area contributed by atoms with E-state index in [1.807, 2.05) is 37.3 Å². The fraction of sp³-hybridized carbons (Fsp3) is 0.0556. The molecule has 0 radical (unpaired) electrons. The average molecular weight is 363 g/mol. The highest BCUT2D eigenvalue weighted by Crippen LogP contribution is 2.25. The molecule has 8 heteroatoms. The summed E-state index contributed by atoms with van der Waals surface area (Å²) in [6, 6.07) is 15.8. The predicted octanol–water partition coefficient (Wildman–Crippen LogP) is 4.37. The summed E-state index contributed by atoms with van der Waals surface area (Å²) >= 11 is 1.25. The number of nitriles is 1. The number of aromatic nitrogens is 1. The van der Waals surface area contributed by atoms with Crippen LogP contribution in [0.15, 0.2) is 59.0 Å². The molecule has 1 aromatic heterocycles. The first-order chi connectivity index (χ1) is 12.6. The highest BCUT2D eigenvalue weighted by Gasteiger charge is 2.13. The number of thiazole rings is 1. The Labute approximate surface area is 153 Å². The van der Waals surface area contributed by atoms with Crippen molar-refractivity contribution in [3.63, 3.8) is 0 Å². The summed E-state index contributed by atoms with van der Waals surface area (Å²) < 4.78 is 0. The van der Waals surface area contributed by atoms with Gasteiger partial charge in [-0.15, -0.1) is 11.3 Å². The minimum atomic E-state index is -0.454. The van der Waals surface area contributed by atoms with E-state index in [1.165, 1.54) is 23.5 Å². The number of aryl methyl sites for hydroxylation is 1. The van der Waals surface area contributed by atoms with E-state index in [4.69, 9.17) is 0 Å². The summed E-state index contributed by atoms with van der Waals surface area (Å²) in [5, 5.41) is 26.5.